The smallest absolute Gasteiger partial charge is 0.273 e. The largest absolute Gasteiger partial charge is 0.497 e. The summed E-state index contributed by atoms with van der Waals surface area (Å²) in [5.41, 5.74) is 2.25. The van der Waals surface area contributed by atoms with Crippen LogP contribution in [0.1, 0.15) is 34.9 Å². The van der Waals surface area contributed by atoms with Crippen molar-refractivity contribution in [3.8, 4) is 22.8 Å². The Balaban J connectivity index is 1.44. The second-order valence-corrected chi connectivity index (χ2v) is 7.55. The molecule has 1 saturated heterocycles. The number of methoxy groups -OCH3 is 2. The summed E-state index contributed by atoms with van der Waals surface area (Å²) in [6.07, 6.45) is 2.35. The number of carbonyl (C=O) groups excluding carboxylic acids is 1. The molecule has 0 spiro atoms. The normalized spacial score (nSPS) is 14.9. The molecule has 0 saturated carbocycles. The Morgan fingerprint density at radius 1 is 1.03 bits per heavy atom. The summed E-state index contributed by atoms with van der Waals surface area (Å²) in [5, 5.41) is 6.99. The van der Waals surface area contributed by atoms with Crippen molar-refractivity contribution in [1.82, 2.24) is 15.4 Å². The molecule has 1 amide bonds. The maximum atomic E-state index is 12.7. The van der Waals surface area contributed by atoms with Crippen LogP contribution in [0.2, 0.25) is 0 Å². The number of aromatic nitrogens is 1. The molecular formula is C24H27N3O4. The molecule has 2 aromatic carbocycles. The number of rotatable bonds is 8. The van der Waals surface area contributed by atoms with Gasteiger partial charge in [-0.05, 0) is 67.9 Å². The van der Waals surface area contributed by atoms with Gasteiger partial charge in [0.1, 0.15) is 11.5 Å². The van der Waals surface area contributed by atoms with Gasteiger partial charge in [0, 0.05) is 18.2 Å². The maximum absolute atomic E-state index is 12.7. The summed E-state index contributed by atoms with van der Waals surface area (Å²) in [7, 11) is 3.28. The molecule has 1 aliphatic rings. The van der Waals surface area contributed by atoms with Gasteiger partial charge in [0.15, 0.2) is 11.5 Å². The van der Waals surface area contributed by atoms with E-state index >= 15 is 0 Å². The third kappa shape index (κ3) is 4.88. The van der Waals surface area contributed by atoms with E-state index in [1.54, 1.807) is 20.3 Å². The van der Waals surface area contributed by atoms with Crippen molar-refractivity contribution in [2.24, 2.45) is 0 Å². The Morgan fingerprint density at radius 3 is 2.26 bits per heavy atom. The van der Waals surface area contributed by atoms with Crippen molar-refractivity contribution in [2.45, 2.75) is 18.9 Å². The van der Waals surface area contributed by atoms with Crippen molar-refractivity contribution in [3.05, 3.63) is 65.9 Å². The molecule has 1 aromatic heterocycles. The average Bonchev–Trinajstić information content (AvgIpc) is 3.52. The SMILES string of the molecule is COc1ccc(-c2cc(C(=O)NCC(c3ccc(OC)cc3)N3CCCC3)no2)cc1. The Labute approximate surface area is 181 Å². The standard InChI is InChI=1S/C24H27N3O4/c1-29-19-9-5-17(6-10-19)22(27-13-3-4-14-27)16-25-24(28)21-15-23(31-26-21)18-7-11-20(30-2)12-8-18/h5-12,15,22H,3-4,13-14,16H2,1-2H3,(H,25,28). The maximum Gasteiger partial charge on any atom is 0.273 e. The number of ether oxygens (including phenoxy) is 2. The number of amides is 1. The topological polar surface area (TPSA) is 76.8 Å². The Hall–Kier alpha value is -3.32. The molecule has 4 rings (SSSR count). The number of hydrogen-bond donors (Lipinski definition) is 1. The zero-order valence-electron chi connectivity index (χ0n) is 17.8. The molecule has 7 heteroatoms. The third-order valence-electron chi connectivity index (χ3n) is 5.66. The molecule has 0 bridgehead atoms. The van der Waals surface area contributed by atoms with Crippen molar-refractivity contribution >= 4 is 5.91 Å². The predicted octanol–water partition coefficient (Wildman–Crippen LogP) is 3.93. The molecule has 1 fully saturated rings. The van der Waals surface area contributed by atoms with Crippen LogP contribution in [0.4, 0.5) is 0 Å². The lowest BCUT2D eigenvalue weighted by molar-refractivity contribution is 0.0929. The van der Waals surface area contributed by atoms with Crippen LogP contribution in [0.15, 0.2) is 59.1 Å². The van der Waals surface area contributed by atoms with E-state index in [9.17, 15) is 4.79 Å². The van der Waals surface area contributed by atoms with Crippen molar-refractivity contribution in [1.29, 1.82) is 0 Å². The highest BCUT2D eigenvalue weighted by Crippen LogP contribution is 2.27. The van der Waals surface area contributed by atoms with Gasteiger partial charge >= 0.3 is 0 Å². The van der Waals surface area contributed by atoms with E-state index < -0.39 is 0 Å². The van der Waals surface area contributed by atoms with Crippen LogP contribution >= 0.6 is 0 Å². The molecular weight excluding hydrogens is 394 g/mol. The van der Waals surface area contributed by atoms with Crippen molar-refractivity contribution < 1.29 is 18.8 Å². The first kappa shape index (κ1) is 20.9. The van der Waals surface area contributed by atoms with Gasteiger partial charge < -0.3 is 19.3 Å². The minimum Gasteiger partial charge on any atom is -0.497 e. The lowest BCUT2D eigenvalue weighted by Crippen LogP contribution is -2.36. The molecule has 1 N–H and O–H groups in total. The minimum atomic E-state index is -0.249. The second kappa shape index (κ2) is 9.66. The van der Waals surface area contributed by atoms with Gasteiger partial charge in [-0.2, -0.15) is 0 Å². The third-order valence-corrected chi connectivity index (χ3v) is 5.66. The number of hydrogen-bond acceptors (Lipinski definition) is 6. The number of carbonyl (C=O) groups is 1. The molecule has 162 valence electrons. The van der Waals surface area contributed by atoms with Crippen LogP contribution in [-0.2, 0) is 0 Å². The average molecular weight is 421 g/mol. The van der Waals surface area contributed by atoms with Crippen LogP contribution < -0.4 is 14.8 Å². The number of benzene rings is 2. The Morgan fingerprint density at radius 2 is 1.65 bits per heavy atom. The van der Waals surface area contributed by atoms with Crippen LogP contribution in [-0.4, -0.2) is 49.8 Å². The first-order chi connectivity index (χ1) is 15.2. The van der Waals surface area contributed by atoms with Crippen LogP contribution in [0, 0.1) is 0 Å². The fraction of sp³-hybridized carbons (Fsp3) is 0.333. The second-order valence-electron chi connectivity index (χ2n) is 7.55. The fourth-order valence-electron chi connectivity index (χ4n) is 3.89. The molecule has 0 aliphatic carbocycles. The minimum absolute atomic E-state index is 0.102. The van der Waals surface area contributed by atoms with E-state index in [0.29, 0.717) is 12.3 Å². The molecule has 2 heterocycles. The summed E-state index contributed by atoms with van der Waals surface area (Å²) in [6.45, 7) is 2.55. The highest BCUT2D eigenvalue weighted by atomic mass is 16.5. The van der Waals surface area contributed by atoms with Crippen LogP contribution in [0.5, 0.6) is 11.5 Å². The molecule has 0 radical (unpaired) electrons. The van der Waals surface area contributed by atoms with Gasteiger partial charge in [-0.3, -0.25) is 9.69 Å². The first-order valence-electron chi connectivity index (χ1n) is 10.5. The van der Waals surface area contributed by atoms with E-state index in [1.807, 2.05) is 36.4 Å². The van der Waals surface area contributed by atoms with Crippen molar-refractivity contribution in [2.75, 3.05) is 33.9 Å². The predicted molar refractivity (Wildman–Crippen MR) is 117 cm³/mol. The molecule has 1 atom stereocenters. The van der Waals surface area contributed by atoms with Gasteiger partial charge in [0.25, 0.3) is 5.91 Å². The number of nitrogens with one attached hydrogen (secondary N) is 1. The first-order valence-corrected chi connectivity index (χ1v) is 10.5. The monoisotopic (exact) mass is 421 g/mol. The molecule has 31 heavy (non-hydrogen) atoms. The molecule has 1 unspecified atom stereocenters. The van der Waals surface area contributed by atoms with Crippen LogP contribution in [0.25, 0.3) is 11.3 Å². The lowest BCUT2D eigenvalue weighted by Gasteiger charge is -2.28. The number of likely N-dealkylation sites (tertiary alicyclic amines) is 1. The van der Waals surface area contributed by atoms with Crippen molar-refractivity contribution in [3.63, 3.8) is 0 Å². The van der Waals surface area contributed by atoms with Gasteiger partial charge in [0.2, 0.25) is 0 Å². The summed E-state index contributed by atoms with van der Waals surface area (Å²) < 4.78 is 15.8. The zero-order chi connectivity index (χ0) is 21.6. The van der Waals surface area contributed by atoms with Gasteiger partial charge in [0.05, 0.1) is 20.3 Å². The quantitative estimate of drug-likeness (QED) is 0.594. The summed E-state index contributed by atoms with van der Waals surface area (Å²) >= 11 is 0. The molecule has 3 aromatic rings. The molecule has 7 nitrogen and oxygen atoms in total. The summed E-state index contributed by atoms with van der Waals surface area (Å²) in [5.74, 6) is 1.87. The van der Waals surface area contributed by atoms with E-state index in [0.717, 1.165) is 35.7 Å². The molecule has 1 aliphatic heterocycles. The Bertz CT molecular complexity index is 992. The summed E-state index contributed by atoms with van der Waals surface area (Å²) in [4.78, 5) is 15.2. The Kier molecular flexibility index (Phi) is 6.52. The van der Waals surface area contributed by atoms with Gasteiger partial charge in [-0.15, -0.1) is 0 Å². The van der Waals surface area contributed by atoms with Gasteiger partial charge in [-0.1, -0.05) is 17.3 Å². The summed E-state index contributed by atoms with van der Waals surface area (Å²) in [6, 6.07) is 17.2. The number of nitrogens with zero attached hydrogens (tertiary/aromatic N) is 2. The van der Waals surface area contributed by atoms with E-state index in [4.69, 9.17) is 14.0 Å². The van der Waals surface area contributed by atoms with Gasteiger partial charge in [-0.25, -0.2) is 0 Å². The highest BCUT2D eigenvalue weighted by Gasteiger charge is 2.25. The van der Waals surface area contributed by atoms with E-state index in [2.05, 4.69) is 27.5 Å². The zero-order valence-corrected chi connectivity index (χ0v) is 17.8. The van der Waals surface area contributed by atoms with E-state index in [-0.39, 0.29) is 17.6 Å². The highest BCUT2D eigenvalue weighted by molar-refractivity contribution is 5.93. The lowest BCUT2D eigenvalue weighted by atomic mass is 10.1. The van der Waals surface area contributed by atoms with E-state index in [1.165, 1.54) is 12.8 Å². The van der Waals surface area contributed by atoms with Crippen LogP contribution in [0.3, 0.4) is 0 Å². The fourth-order valence-corrected chi connectivity index (χ4v) is 3.89.